The third kappa shape index (κ3) is 5.04. The molecule has 0 aromatic heterocycles. The number of hydrogen-bond donors (Lipinski definition) is 5. The van der Waals surface area contributed by atoms with E-state index in [0.29, 0.717) is 23.7 Å². The zero-order valence-electron chi connectivity index (χ0n) is 19.5. The third-order valence-electron chi connectivity index (χ3n) is 8.62. The molecular formula is C26H40N4O2. The zero-order valence-corrected chi connectivity index (χ0v) is 19.5. The van der Waals surface area contributed by atoms with Crippen LogP contribution < -0.4 is 21.3 Å². The van der Waals surface area contributed by atoms with Gasteiger partial charge in [-0.3, -0.25) is 10.1 Å². The van der Waals surface area contributed by atoms with E-state index in [4.69, 9.17) is 0 Å². The Morgan fingerprint density at radius 2 is 1.97 bits per heavy atom. The van der Waals surface area contributed by atoms with Gasteiger partial charge in [0.25, 0.3) is 0 Å². The molecule has 5 rings (SSSR count). The van der Waals surface area contributed by atoms with E-state index in [2.05, 4.69) is 33.4 Å². The van der Waals surface area contributed by atoms with Crippen molar-refractivity contribution < 1.29 is 9.90 Å². The van der Waals surface area contributed by atoms with Crippen molar-refractivity contribution in [1.82, 2.24) is 16.0 Å². The summed E-state index contributed by atoms with van der Waals surface area (Å²) in [5, 5.41) is 24.5. The molecule has 3 fully saturated rings. The molecule has 5 N–H and O–H groups in total. The highest BCUT2D eigenvalue weighted by molar-refractivity contribution is 5.94. The molecule has 2 saturated carbocycles. The summed E-state index contributed by atoms with van der Waals surface area (Å²) in [6, 6.07) is 6.35. The molecule has 2 aliphatic heterocycles. The highest BCUT2D eigenvalue weighted by Crippen LogP contribution is 2.51. The Morgan fingerprint density at radius 1 is 1.12 bits per heavy atom. The molecule has 176 valence electrons. The van der Waals surface area contributed by atoms with Crippen LogP contribution in [0.15, 0.2) is 18.2 Å². The smallest absolute Gasteiger partial charge is 0.227 e. The maximum absolute atomic E-state index is 12.9. The van der Waals surface area contributed by atoms with E-state index in [1.165, 1.54) is 17.5 Å². The summed E-state index contributed by atoms with van der Waals surface area (Å²) < 4.78 is 0. The summed E-state index contributed by atoms with van der Waals surface area (Å²) in [7, 11) is 0. The summed E-state index contributed by atoms with van der Waals surface area (Å²) in [6.45, 7) is 6.95. The van der Waals surface area contributed by atoms with Crippen molar-refractivity contribution in [3.8, 4) is 0 Å². The highest BCUT2D eigenvalue weighted by Gasteiger charge is 2.49. The topological polar surface area (TPSA) is 85.4 Å². The number of benzene rings is 1. The molecular weight excluding hydrogens is 400 g/mol. The quantitative estimate of drug-likeness (QED) is 0.421. The van der Waals surface area contributed by atoms with E-state index in [1.807, 2.05) is 13.0 Å². The molecule has 0 radical (unpaired) electrons. The van der Waals surface area contributed by atoms with Crippen LogP contribution in [0.25, 0.3) is 0 Å². The number of hydrogen-bond acceptors (Lipinski definition) is 5. The Morgan fingerprint density at radius 3 is 2.75 bits per heavy atom. The standard InChI is InChI=1S/C26H40N4O2/c1-26(32,29-15-17-8-10-27-14-17)21-5-2-18(3-6-21)23-13-24(23)25(31)30-22-7-4-20-16-28-11-9-19(20)12-22/h4,7,12,17-18,21,23-24,27-29,32H,2-3,5-6,8-11,13-16H2,1H3,(H,30,31). The minimum atomic E-state index is -0.782. The first kappa shape index (κ1) is 22.3. The predicted molar refractivity (Wildman–Crippen MR) is 127 cm³/mol. The minimum Gasteiger partial charge on any atom is -0.376 e. The van der Waals surface area contributed by atoms with Crippen LogP contribution in [0.5, 0.6) is 0 Å². The molecule has 32 heavy (non-hydrogen) atoms. The van der Waals surface area contributed by atoms with Gasteiger partial charge in [0.05, 0.1) is 0 Å². The van der Waals surface area contributed by atoms with E-state index in [0.717, 1.165) is 76.9 Å². The van der Waals surface area contributed by atoms with Gasteiger partial charge in [-0.1, -0.05) is 6.07 Å². The lowest BCUT2D eigenvalue weighted by atomic mass is 9.75. The molecule has 4 atom stereocenters. The van der Waals surface area contributed by atoms with Crippen molar-refractivity contribution in [3.05, 3.63) is 29.3 Å². The average Bonchev–Trinajstić information content (AvgIpc) is 3.44. The third-order valence-corrected chi connectivity index (χ3v) is 8.62. The second-order valence-electron chi connectivity index (χ2n) is 10.9. The van der Waals surface area contributed by atoms with Gasteiger partial charge >= 0.3 is 0 Å². The van der Waals surface area contributed by atoms with Gasteiger partial charge in [0.1, 0.15) is 5.72 Å². The van der Waals surface area contributed by atoms with Crippen molar-refractivity contribution in [2.45, 2.75) is 64.1 Å². The molecule has 6 heteroatoms. The first-order valence-corrected chi connectivity index (χ1v) is 12.8. The predicted octanol–water partition coefficient (Wildman–Crippen LogP) is 2.62. The largest absolute Gasteiger partial charge is 0.376 e. The van der Waals surface area contributed by atoms with Crippen molar-refractivity contribution in [2.24, 2.45) is 29.6 Å². The van der Waals surface area contributed by atoms with Crippen LogP contribution in [0, 0.1) is 29.6 Å². The number of carbonyl (C=O) groups is 1. The average molecular weight is 441 g/mol. The van der Waals surface area contributed by atoms with E-state index < -0.39 is 5.72 Å². The van der Waals surface area contributed by atoms with Crippen molar-refractivity contribution in [3.63, 3.8) is 0 Å². The van der Waals surface area contributed by atoms with E-state index in [-0.39, 0.29) is 11.8 Å². The van der Waals surface area contributed by atoms with E-state index >= 15 is 0 Å². The van der Waals surface area contributed by atoms with Crippen LogP contribution in [0.3, 0.4) is 0 Å². The molecule has 1 aromatic carbocycles. The zero-order chi connectivity index (χ0) is 22.1. The fourth-order valence-electron chi connectivity index (χ4n) is 6.32. The van der Waals surface area contributed by atoms with Crippen LogP contribution in [0.4, 0.5) is 5.69 Å². The summed E-state index contributed by atoms with van der Waals surface area (Å²) in [4.78, 5) is 12.9. The molecule has 0 spiro atoms. The molecule has 1 aromatic rings. The molecule has 4 aliphatic rings. The summed E-state index contributed by atoms with van der Waals surface area (Å²) >= 11 is 0. The maximum atomic E-state index is 12.9. The summed E-state index contributed by atoms with van der Waals surface area (Å²) in [6.07, 6.45) is 7.63. The molecule has 0 bridgehead atoms. The lowest BCUT2D eigenvalue weighted by Crippen LogP contribution is -2.51. The Labute approximate surface area is 192 Å². The molecule has 2 aliphatic carbocycles. The van der Waals surface area contributed by atoms with Gasteiger partial charge in [-0.25, -0.2) is 0 Å². The van der Waals surface area contributed by atoms with Gasteiger partial charge < -0.3 is 21.1 Å². The van der Waals surface area contributed by atoms with Gasteiger partial charge in [0.2, 0.25) is 5.91 Å². The van der Waals surface area contributed by atoms with Gasteiger partial charge in [-0.15, -0.1) is 0 Å². The second kappa shape index (κ2) is 9.41. The van der Waals surface area contributed by atoms with Crippen LogP contribution in [-0.2, 0) is 17.8 Å². The van der Waals surface area contributed by atoms with Gasteiger partial charge in [0.15, 0.2) is 0 Å². The SMILES string of the molecule is CC(O)(NCC1CCNC1)C1CCC(C2CC2C(=O)Nc2ccc3c(c2)CCNC3)CC1. The molecule has 2 heterocycles. The Hall–Kier alpha value is -1.47. The van der Waals surface area contributed by atoms with Gasteiger partial charge in [-0.2, -0.15) is 0 Å². The molecule has 1 saturated heterocycles. The van der Waals surface area contributed by atoms with Gasteiger partial charge in [0, 0.05) is 30.6 Å². The molecule has 1 amide bonds. The minimum absolute atomic E-state index is 0.169. The Balaban J connectivity index is 1.07. The number of rotatable bonds is 7. The number of amides is 1. The maximum Gasteiger partial charge on any atom is 0.227 e. The van der Waals surface area contributed by atoms with Crippen LogP contribution >= 0.6 is 0 Å². The lowest BCUT2D eigenvalue weighted by molar-refractivity contribution is -0.117. The fraction of sp³-hybridized carbons (Fsp3) is 0.731. The van der Waals surface area contributed by atoms with Gasteiger partial charge in [-0.05, 0) is 113 Å². The van der Waals surface area contributed by atoms with Crippen molar-refractivity contribution in [2.75, 3.05) is 31.5 Å². The Kier molecular flexibility index (Phi) is 6.57. The van der Waals surface area contributed by atoms with E-state index in [1.54, 1.807) is 0 Å². The van der Waals surface area contributed by atoms with E-state index in [9.17, 15) is 9.90 Å². The lowest BCUT2D eigenvalue weighted by Gasteiger charge is -2.39. The number of anilines is 1. The van der Waals surface area contributed by atoms with Crippen LogP contribution in [-0.4, -0.2) is 42.9 Å². The summed E-state index contributed by atoms with van der Waals surface area (Å²) in [5.41, 5.74) is 2.87. The van der Waals surface area contributed by atoms with Crippen LogP contribution in [0.2, 0.25) is 0 Å². The number of nitrogens with one attached hydrogen (secondary N) is 4. The monoisotopic (exact) mass is 440 g/mol. The number of fused-ring (bicyclic) bond motifs is 1. The van der Waals surface area contributed by atoms with Crippen molar-refractivity contribution in [1.29, 1.82) is 0 Å². The second-order valence-corrected chi connectivity index (χ2v) is 10.9. The number of aliphatic hydroxyl groups is 1. The first-order chi connectivity index (χ1) is 15.5. The number of carbonyl (C=O) groups excluding carboxylic acids is 1. The fourth-order valence-corrected chi connectivity index (χ4v) is 6.32. The van der Waals surface area contributed by atoms with Crippen molar-refractivity contribution >= 4 is 11.6 Å². The Bertz CT molecular complexity index is 812. The van der Waals surface area contributed by atoms with Crippen LogP contribution in [0.1, 0.15) is 56.6 Å². The molecule has 4 unspecified atom stereocenters. The molecule has 6 nitrogen and oxygen atoms in total. The summed E-state index contributed by atoms with van der Waals surface area (Å²) in [5.74, 6) is 2.47. The normalized spacial score (nSPS) is 33.9. The highest BCUT2D eigenvalue weighted by atomic mass is 16.3. The first-order valence-electron chi connectivity index (χ1n) is 12.8.